The number of carbonyl (C=O) groups excluding carboxylic acids is 4. The Morgan fingerprint density at radius 1 is 0.281 bits per heavy atom. The molecule has 570 valence electrons. The molecule has 0 fully saturated rings. The molecule has 0 saturated heterocycles. The average molecular weight is 1410 g/mol. The molecular formula is C77H150O17P2. The smallest absolute Gasteiger partial charge is 0.462 e. The van der Waals surface area contributed by atoms with Crippen molar-refractivity contribution in [2.24, 2.45) is 5.92 Å². The Kier molecular flexibility index (Phi) is 68.7. The van der Waals surface area contributed by atoms with E-state index in [0.29, 0.717) is 25.7 Å². The Hall–Kier alpha value is -1.94. The van der Waals surface area contributed by atoms with Gasteiger partial charge in [-0.3, -0.25) is 37.3 Å². The van der Waals surface area contributed by atoms with Crippen LogP contribution in [0.2, 0.25) is 0 Å². The normalized spacial score (nSPS) is 13.9. The maximum Gasteiger partial charge on any atom is 0.472 e. The summed E-state index contributed by atoms with van der Waals surface area (Å²) in [4.78, 5) is 72.8. The molecule has 0 spiro atoms. The first-order valence-electron chi connectivity index (χ1n) is 40.1. The van der Waals surface area contributed by atoms with Crippen molar-refractivity contribution in [3.63, 3.8) is 0 Å². The number of carbonyl (C=O) groups is 4. The highest BCUT2D eigenvalue weighted by molar-refractivity contribution is 7.47. The number of ether oxygens (including phenoxy) is 4. The predicted octanol–water partition coefficient (Wildman–Crippen LogP) is 22.9. The largest absolute Gasteiger partial charge is 0.472 e. The molecular weight excluding hydrogens is 1260 g/mol. The Labute approximate surface area is 588 Å². The van der Waals surface area contributed by atoms with Crippen LogP contribution in [-0.4, -0.2) is 96.7 Å². The van der Waals surface area contributed by atoms with E-state index in [2.05, 4.69) is 34.6 Å². The maximum absolute atomic E-state index is 13.1. The lowest BCUT2D eigenvalue weighted by molar-refractivity contribution is -0.161. The zero-order valence-corrected chi connectivity index (χ0v) is 64.3. The highest BCUT2D eigenvalue weighted by atomic mass is 31.2. The molecule has 19 heteroatoms. The van der Waals surface area contributed by atoms with Crippen molar-refractivity contribution >= 4 is 39.5 Å². The molecule has 0 bridgehead atoms. The number of aliphatic hydroxyl groups is 1. The summed E-state index contributed by atoms with van der Waals surface area (Å²) in [5.41, 5.74) is 0. The SMILES string of the molecule is CCCCCCCCCCCCCCCCCCCCCCC(=O)O[C@H](COC(=O)CCCCCCCCCCCCCCC)COP(=O)(O)OC[C@@H](O)COP(=O)(O)OC[C@@H](COC(=O)CCCCCCCCCCCCC)OC(=O)CCCCCCCCCCCC(C)C. The number of hydrogen-bond acceptors (Lipinski definition) is 15. The minimum Gasteiger partial charge on any atom is -0.462 e. The van der Waals surface area contributed by atoms with E-state index in [0.717, 1.165) is 95.8 Å². The second-order valence-corrected chi connectivity index (χ2v) is 31.1. The van der Waals surface area contributed by atoms with Crippen LogP contribution in [0.25, 0.3) is 0 Å². The van der Waals surface area contributed by atoms with Crippen LogP contribution in [0.1, 0.15) is 407 Å². The van der Waals surface area contributed by atoms with Gasteiger partial charge >= 0.3 is 39.5 Å². The molecule has 96 heavy (non-hydrogen) atoms. The third-order valence-electron chi connectivity index (χ3n) is 18.0. The topological polar surface area (TPSA) is 237 Å². The quantitative estimate of drug-likeness (QED) is 0.0222. The standard InChI is InChI=1S/C77H150O17P2/c1-6-9-12-15-18-21-24-26-27-28-29-30-31-32-34-37-42-47-52-57-62-76(81)93-72(66-88-75(80)61-56-51-46-41-36-33-25-22-19-16-13-10-7-2)68-91-95(83,84)89-64-71(78)65-90-96(85,86)92-69-73(67-87-74(79)60-55-50-45-40-35-23-20-17-14-11-8-3)94-77(82)63-58-53-48-43-38-39-44-49-54-59-70(4)5/h70-73,78H,6-69H2,1-5H3,(H,83,84)(H,85,86)/t71-,72-,73-/m1/s1. The van der Waals surface area contributed by atoms with Crippen molar-refractivity contribution in [3.05, 3.63) is 0 Å². The third-order valence-corrected chi connectivity index (χ3v) is 19.9. The van der Waals surface area contributed by atoms with E-state index in [-0.39, 0.29) is 25.7 Å². The van der Waals surface area contributed by atoms with Crippen molar-refractivity contribution in [1.82, 2.24) is 0 Å². The highest BCUT2D eigenvalue weighted by Crippen LogP contribution is 2.45. The van der Waals surface area contributed by atoms with Gasteiger partial charge in [-0.25, -0.2) is 9.13 Å². The molecule has 0 aliphatic carbocycles. The number of phosphoric acid groups is 2. The van der Waals surface area contributed by atoms with Gasteiger partial charge in [-0.05, 0) is 31.6 Å². The summed E-state index contributed by atoms with van der Waals surface area (Å²) in [5, 5.41) is 10.6. The molecule has 0 aromatic rings. The van der Waals surface area contributed by atoms with Gasteiger partial charge in [0.25, 0.3) is 0 Å². The minimum atomic E-state index is -4.96. The van der Waals surface area contributed by atoms with E-state index in [1.807, 2.05) is 0 Å². The van der Waals surface area contributed by atoms with Gasteiger partial charge in [0.1, 0.15) is 19.3 Å². The number of esters is 4. The first-order valence-corrected chi connectivity index (χ1v) is 43.1. The second-order valence-electron chi connectivity index (χ2n) is 28.2. The van der Waals surface area contributed by atoms with Gasteiger partial charge in [0, 0.05) is 25.7 Å². The van der Waals surface area contributed by atoms with Crippen molar-refractivity contribution in [2.75, 3.05) is 39.6 Å². The van der Waals surface area contributed by atoms with E-state index >= 15 is 0 Å². The van der Waals surface area contributed by atoms with Crippen LogP contribution in [0.3, 0.4) is 0 Å². The Morgan fingerprint density at radius 3 is 0.708 bits per heavy atom. The van der Waals surface area contributed by atoms with E-state index < -0.39 is 97.5 Å². The molecule has 0 rings (SSSR count). The predicted molar refractivity (Wildman–Crippen MR) is 391 cm³/mol. The van der Waals surface area contributed by atoms with Crippen LogP contribution in [0.4, 0.5) is 0 Å². The van der Waals surface area contributed by atoms with Crippen LogP contribution in [0.5, 0.6) is 0 Å². The van der Waals surface area contributed by atoms with Crippen molar-refractivity contribution in [3.8, 4) is 0 Å². The Balaban J connectivity index is 5.22. The Morgan fingerprint density at radius 2 is 0.479 bits per heavy atom. The number of hydrogen-bond donors (Lipinski definition) is 3. The summed E-state index contributed by atoms with van der Waals surface area (Å²) in [6.07, 6.45) is 59.6. The second kappa shape index (κ2) is 70.1. The minimum absolute atomic E-state index is 0.106. The lowest BCUT2D eigenvalue weighted by Crippen LogP contribution is -2.30. The van der Waals surface area contributed by atoms with Gasteiger partial charge in [-0.2, -0.15) is 0 Å². The van der Waals surface area contributed by atoms with Crippen molar-refractivity contribution < 1.29 is 80.2 Å². The first-order chi connectivity index (χ1) is 46.5. The third kappa shape index (κ3) is 70.5. The van der Waals surface area contributed by atoms with Crippen molar-refractivity contribution in [1.29, 1.82) is 0 Å². The van der Waals surface area contributed by atoms with Crippen LogP contribution >= 0.6 is 15.6 Å². The van der Waals surface area contributed by atoms with Gasteiger partial charge in [0.2, 0.25) is 0 Å². The fourth-order valence-electron chi connectivity index (χ4n) is 11.9. The molecule has 0 aliphatic heterocycles. The van der Waals surface area contributed by atoms with Gasteiger partial charge in [-0.1, -0.05) is 356 Å². The van der Waals surface area contributed by atoms with Crippen LogP contribution in [-0.2, 0) is 65.4 Å². The maximum atomic E-state index is 13.1. The summed E-state index contributed by atoms with van der Waals surface area (Å²) < 4.78 is 68.6. The molecule has 2 unspecified atom stereocenters. The first kappa shape index (κ1) is 94.1. The lowest BCUT2D eigenvalue weighted by atomic mass is 10.0. The summed E-state index contributed by atoms with van der Waals surface area (Å²) in [6, 6.07) is 0. The molecule has 0 aromatic heterocycles. The molecule has 5 atom stereocenters. The van der Waals surface area contributed by atoms with Crippen molar-refractivity contribution in [2.45, 2.75) is 425 Å². The molecule has 3 N–H and O–H groups in total. The molecule has 0 aromatic carbocycles. The Bertz CT molecular complexity index is 1840. The van der Waals surface area contributed by atoms with E-state index in [1.54, 1.807) is 0 Å². The van der Waals surface area contributed by atoms with Gasteiger partial charge in [-0.15, -0.1) is 0 Å². The number of phosphoric ester groups is 2. The number of rotatable bonds is 77. The average Bonchev–Trinajstić information content (AvgIpc) is 1.79. The zero-order valence-electron chi connectivity index (χ0n) is 62.5. The number of aliphatic hydroxyl groups excluding tert-OH is 1. The molecule has 17 nitrogen and oxygen atoms in total. The molecule has 0 aliphatic rings. The van der Waals surface area contributed by atoms with E-state index in [4.69, 9.17) is 37.0 Å². The van der Waals surface area contributed by atoms with E-state index in [9.17, 15) is 43.2 Å². The summed E-state index contributed by atoms with van der Waals surface area (Å²) >= 11 is 0. The molecule has 0 saturated carbocycles. The van der Waals surface area contributed by atoms with Gasteiger partial charge in [0.15, 0.2) is 12.2 Å². The lowest BCUT2D eigenvalue weighted by Gasteiger charge is -2.21. The highest BCUT2D eigenvalue weighted by Gasteiger charge is 2.30. The molecule has 0 heterocycles. The van der Waals surface area contributed by atoms with Gasteiger partial charge < -0.3 is 33.8 Å². The van der Waals surface area contributed by atoms with Crippen LogP contribution < -0.4 is 0 Å². The number of unbranched alkanes of at least 4 members (excludes halogenated alkanes) is 49. The molecule has 0 amide bonds. The monoisotopic (exact) mass is 1410 g/mol. The fourth-order valence-corrected chi connectivity index (χ4v) is 13.5. The van der Waals surface area contributed by atoms with E-state index in [1.165, 1.54) is 231 Å². The summed E-state index contributed by atoms with van der Waals surface area (Å²) in [7, 11) is -9.91. The summed E-state index contributed by atoms with van der Waals surface area (Å²) in [6.45, 7) is 7.27. The van der Waals surface area contributed by atoms with Gasteiger partial charge in [0.05, 0.1) is 26.4 Å². The van der Waals surface area contributed by atoms with Crippen LogP contribution in [0, 0.1) is 5.92 Å². The fraction of sp³-hybridized carbons (Fsp3) is 0.948. The summed E-state index contributed by atoms with van der Waals surface area (Å²) in [5.74, 6) is -1.38. The zero-order chi connectivity index (χ0) is 70.5. The van der Waals surface area contributed by atoms with Crippen LogP contribution in [0.15, 0.2) is 0 Å². The molecule has 0 radical (unpaired) electrons.